The molecular weight excluding hydrogens is 326 g/mol. The van der Waals surface area contributed by atoms with E-state index in [1.807, 2.05) is 4.90 Å². The Morgan fingerprint density at radius 1 is 1.28 bits per heavy atom. The van der Waals surface area contributed by atoms with Gasteiger partial charge < -0.3 is 14.4 Å². The molecule has 1 aromatic carbocycles. The van der Waals surface area contributed by atoms with Gasteiger partial charge in [-0.05, 0) is 18.9 Å². The van der Waals surface area contributed by atoms with Crippen molar-refractivity contribution in [3.8, 4) is 5.75 Å². The van der Waals surface area contributed by atoms with Crippen LogP contribution in [-0.2, 0) is 9.53 Å². The van der Waals surface area contributed by atoms with Gasteiger partial charge in [-0.1, -0.05) is 12.1 Å². The zero-order chi connectivity index (χ0) is 17.6. The standard InChI is InChI=1S/C17H23N3O5/c21-17(16-6-3-12-24-16)19-9-7-18(8-10-19)11-13-25-15-5-2-1-4-14(15)20(22)23/h1-2,4-5,16H,3,6-13H2/t16-/m1/s1. The van der Waals surface area contributed by atoms with Crippen molar-refractivity contribution in [1.82, 2.24) is 9.80 Å². The smallest absolute Gasteiger partial charge is 0.310 e. The maximum atomic E-state index is 12.3. The second-order valence-electron chi connectivity index (χ2n) is 6.24. The van der Waals surface area contributed by atoms with Gasteiger partial charge in [-0.3, -0.25) is 19.8 Å². The molecule has 0 N–H and O–H groups in total. The number of amides is 1. The highest BCUT2D eigenvalue weighted by atomic mass is 16.6. The molecule has 2 aliphatic heterocycles. The minimum Gasteiger partial charge on any atom is -0.485 e. The topological polar surface area (TPSA) is 85.2 Å². The number of carbonyl (C=O) groups excluding carboxylic acids is 1. The van der Waals surface area contributed by atoms with Crippen molar-refractivity contribution in [2.75, 3.05) is 45.9 Å². The molecule has 8 nitrogen and oxygen atoms in total. The van der Waals surface area contributed by atoms with Crippen LogP contribution in [0.2, 0.25) is 0 Å². The monoisotopic (exact) mass is 349 g/mol. The molecule has 3 rings (SSSR count). The van der Waals surface area contributed by atoms with E-state index in [9.17, 15) is 14.9 Å². The molecule has 25 heavy (non-hydrogen) atoms. The Hall–Kier alpha value is -2.19. The van der Waals surface area contributed by atoms with Gasteiger partial charge in [0, 0.05) is 45.4 Å². The lowest BCUT2D eigenvalue weighted by atomic mass is 10.2. The molecular formula is C17H23N3O5. The van der Waals surface area contributed by atoms with Gasteiger partial charge in [0.25, 0.3) is 5.91 Å². The normalized spacial score (nSPS) is 21.3. The van der Waals surface area contributed by atoms with Crippen molar-refractivity contribution in [3.63, 3.8) is 0 Å². The molecule has 2 aliphatic rings. The molecule has 0 aromatic heterocycles. The summed E-state index contributed by atoms with van der Waals surface area (Å²) in [6.45, 7) is 4.66. The Bertz CT molecular complexity index is 610. The molecule has 0 spiro atoms. The highest BCUT2D eigenvalue weighted by molar-refractivity contribution is 5.81. The molecule has 8 heteroatoms. The Balaban J connectivity index is 1.41. The average Bonchev–Trinajstić information content (AvgIpc) is 3.17. The third-order valence-electron chi connectivity index (χ3n) is 4.62. The van der Waals surface area contributed by atoms with Gasteiger partial charge in [0.1, 0.15) is 12.7 Å². The van der Waals surface area contributed by atoms with Crippen LogP contribution in [-0.4, -0.2) is 72.7 Å². The molecule has 136 valence electrons. The fourth-order valence-corrected chi connectivity index (χ4v) is 3.18. The number of para-hydroxylation sites is 2. The van der Waals surface area contributed by atoms with Gasteiger partial charge in [0.05, 0.1) is 4.92 Å². The average molecular weight is 349 g/mol. The van der Waals surface area contributed by atoms with E-state index in [2.05, 4.69) is 4.90 Å². The van der Waals surface area contributed by atoms with E-state index in [0.717, 1.165) is 25.9 Å². The van der Waals surface area contributed by atoms with Gasteiger partial charge in [-0.25, -0.2) is 0 Å². The summed E-state index contributed by atoms with van der Waals surface area (Å²) in [5, 5.41) is 11.0. The largest absolute Gasteiger partial charge is 0.485 e. The Kier molecular flexibility index (Phi) is 5.83. The summed E-state index contributed by atoms with van der Waals surface area (Å²) in [7, 11) is 0. The number of rotatable bonds is 6. The first-order valence-electron chi connectivity index (χ1n) is 8.64. The Morgan fingerprint density at radius 3 is 2.72 bits per heavy atom. The van der Waals surface area contributed by atoms with Crippen LogP contribution in [0.5, 0.6) is 5.75 Å². The number of nitro benzene ring substituents is 1. The van der Waals surface area contributed by atoms with E-state index in [0.29, 0.717) is 38.6 Å². The number of nitrogens with zero attached hydrogens (tertiary/aromatic N) is 3. The molecule has 0 saturated carbocycles. The summed E-state index contributed by atoms with van der Waals surface area (Å²) in [4.78, 5) is 26.9. The van der Waals surface area contributed by atoms with Crippen LogP contribution < -0.4 is 4.74 Å². The van der Waals surface area contributed by atoms with Gasteiger partial charge in [-0.15, -0.1) is 0 Å². The quantitative estimate of drug-likeness (QED) is 0.568. The minimum atomic E-state index is -0.440. The van der Waals surface area contributed by atoms with Gasteiger partial charge in [0.2, 0.25) is 0 Å². The maximum Gasteiger partial charge on any atom is 0.310 e. The van der Waals surface area contributed by atoms with Crippen LogP contribution in [0.1, 0.15) is 12.8 Å². The fraction of sp³-hybridized carbons (Fsp3) is 0.588. The predicted octanol–water partition coefficient (Wildman–Crippen LogP) is 1.30. The van der Waals surface area contributed by atoms with Crippen molar-refractivity contribution in [2.45, 2.75) is 18.9 Å². The molecule has 1 amide bonds. The van der Waals surface area contributed by atoms with Gasteiger partial charge >= 0.3 is 5.69 Å². The molecule has 0 radical (unpaired) electrons. The molecule has 2 saturated heterocycles. The zero-order valence-corrected chi connectivity index (χ0v) is 14.1. The second-order valence-corrected chi connectivity index (χ2v) is 6.24. The molecule has 0 unspecified atom stereocenters. The first-order chi connectivity index (χ1) is 12.1. The second kappa shape index (κ2) is 8.26. The number of hydrogen-bond acceptors (Lipinski definition) is 6. The summed E-state index contributed by atoms with van der Waals surface area (Å²) < 4.78 is 11.0. The summed E-state index contributed by atoms with van der Waals surface area (Å²) >= 11 is 0. The molecule has 0 aliphatic carbocycles. The van der Waals surface area contributed by atoms with Gasteiger partial charge in [-0.2, -0.15) is 0 Å². The minimum absolute atomic E-state index is 0.0190. The highest BCUT2D eigenvalue weighted by Crippen LogP contribution is 2.25. The Labute approximate surface area is 146 Å². The van der Waals surface area contributed by atoms with Crippen molar-refractivity contribution >= 4 is 11.6 Å². The third kappa shape index (κ3) is 4.46. The first kappa shape index (κ1) is 17.6. The van der Waals surface area contributed by atoms with Crippen molar-refractivity contribution in [2.24, 2.45) is 0 Å². The predicted molar refractivity (Wildman–Crippen MR) is 90.6 cm³/mol. The van der Waals surface area contributed by atoms with E-state index in [1.54, 1.807) is 18.2 Å². The van der Waals surface area contributed by atoms with E-state index < -0.39 is 4.92 Å². The maximum absolute atomic E-state index is 12.3. The zero-order valence-electron chi connectivity index (χ0n) is 14.1. The molecule has 2 heterocycles. The molecule has 0 bridgehead atoms. The number of ether oxygens (including phenoxy) is 2. The van der Waals surface area contributed by atoms with Gasteiger partial charge in [0.15, 0.2) is 5.75 Å². The highest BCUT2D eigenvalue weighted by Gasteiger charge is 2.30. The summed E-state index contributed by atoms with van der Waals surface area (Å²) in [5.74, 6) is 0.396. The molecule has 1 atom stereocenters. The van der Waals surface area contributed by atoms with E-state index in [-0.39, 0.29) is 17.7 Å². The lowest BCUT2D eigenvalue weighted by Gasteiger charge is -2.35. The third-order valence-corrected chi connectivity index (χ3v) is 4.62. The molecule has 1 aromatic rings. The first-order valence-corrected chi connectivity index (χ1v) is 8.64. The lowest BCUT2D eigenvalue weighted by molar-refractivity contribution is -0.385. The van der Waals surface area contributed by atoms with Crippen molar-refractivity contribution < 1.29 is 19.2 Å². The summed E-state index contributed by atoms with van der Waals surface area (Å²) in [6, 6.07) is 6.38. The molecule has 2 fully saturated rings. The summed E-state index contributed by atoms with van der Waals surface area (Å²) in [5.41, 5.74) is -0.0190. The van der Waals surface area contributed by atoms with Crippen LogP contribution in [0.25, 0.3) is 0 Å². The van der Waals surface area contributed by atoms with Crippen LogP contribution in [0.4, 0.5) is 5.69 Å². The number of benzene rings is 1. The number of piperazine rings is 1. The van der Waals surface area contributed by atoms with E-state index in [1.165, 1.54) is 6.07 Å². The van der Waals surface area contributed by atoms with Crippen LogP contribution in [0, 0.1) is 10.1 Å². The fourth-order valence-electron chi connectivity index (χ4n) is 3.18. The van der Waals surface area contributed by atoms with E-state index in [4.69, 9.17) is 9.47 Å². The number of nitro groups is 1. The van der Waals surface area contributed by atoms with Crippen LogP contribution >= 0.6 is 0 Å². The van der Waals surface area contributed by atoms with E-state index >= 15 is 0 Å². The number of hydrogen-bond donors (Lipinski definition) is 0. The lowest BCUT2D eigenvalue weighted by Crippen LogP contribution is -2.52. The Morgan fingerprint density at radius 2 is 2.04 bits per heavy atom. The summed E-state index contributed by atoms with van der Waals surface area (Å²) in [6.07, 6.45) is 1.52. The van der Waals surface area contributed by atoms with Crippen LogP contribution in [0.3, 0.4) is 0 Å². The van der Waals surface area contributed by atoms with Crippen molar-refractivity contribution in [1.29, 1.82) is 0 Å². The SMILES string of the molecule is O=C([C@H]1CCCO1)N1CCN(CCOc2ccccc2[N+](=O)[O-])CC1. The van der Waals surface area contributed by atoms with Crippen LogP contribution in [0.15, 0.2) is 24.3 Å². The van der Waals surface area contributed by atoms with Crippen molar-refractivity contribution in [3.05, 3.63) is 34.4 Å². The number of carbonyl (C=O) groups is 1.